The highest BCUT2D eigenvalue weighted by molar-refractivity contribution is 8.00. The molecule has 2 aromatic heterocycles. The first-order valence-electron chi connectivity index (χ1n) is 9.23. The van der Waals surface area contributed by atoms with Crippen molar-refractivity contribution in [1.82, 2.24) is 15.3 Å². The van der Waals surface area contributed by atoms with Gasteiger partial charge in [-0.3, -0.25) is 9.59 Å². The van der Waals surface area contributed by atoms with E-state index < -0.39 is 0 Å². The van der Waals surface area contributed by atoms with Gasteiger partial charge in [0.2, 0.25) is 5.91 Å². The fraction of sp³-hybridized carbons (Fsp3) is 0.0909. The number of thioether (sulfide) groups is 1. The number of para-hydroxylation sites is 1. The first kappa shape index (κ1) is 20.1. The summed E-state index contributed by atoms with van der Waals surface area (Å²) in [6.07, 6.45) is 1.51. The Balaban J connectivity index is 1.39. The lowest BCUT2D eigenvalue weighted by molar-refractivity contribution is -0.113. The van der Waals surface area contributed by atoms with E-state index in [0.717, 1.165) is 20.8 Å². The molecule has 4 aromatic rings. The van der Waals surface area contributed by atoms with E-state index in [-0.39, 0.29) is 17.6 Å². The summed E-state index contributed by atoms with van der Waals surface area (Å²) in [6, 6.07) is 18.6. The van der Waals surface area contributed by atoms with Crippen LogP contribution in [-0.4, -0.2) is 27.5 Å². The largest absolute Gasteiger partial charge is 0.348 e. The number of fused-ring (bicyclic) bond motifs is 1. The lowest BCUT2D eigenvalue weighted by Gasteiger charge is -2.11. The molecule has 0 saturated carbocycles. The molecule has 0 bridgehead atoms. The second-order valence-corrected chi connectivity index (χ2v) is 8.23. The smallest absolute Gasteiger partial charge is 0.253 e. The van der Waals surface area contributed by atoms with Gasteiger partial charge in [0.25, 0.3) is 5.91 Å². The van der Waals surface area contributed by atoms with Gasteiger partial charge in [0, 0.05) is 11.9 Å². The number of nitrogens with zero attached hydrogens (tertiary/aromatic N) is 2. The maximum Gasteiger partial charge on any atom is 0.253 e. The van der Waals surface area contributed by atoms with Crippen molar-refractivity contribution >= 4 is 50.8 Å². The van der Waals surface area contributed by atoms with Crippen LogP contribution in [0.5, 0.6) is 0 Å². The number of hydrogen-bond donors (Lipinski definition) is 2. The predicted molar refractivity (Wildman–Crippen MR) is 121 cm³/mol. The molecule has 8 heteroatoms. The summed E-state index contributed by atoms with van der Waals surface area (Å²) in [5.41, 5.74) is 1.92. The quantitative estimate of drug-likeness (QED) is 0.334. The Bertz CT molecular complexity index is 1180. The van der Waals surface area contributed by atoms with Crippen molar-refractivity contribution in [1.29, 1.82) is 0 Å². The van der Waals surface area contributed by atoms with Crippen LogP contribution >= 0.6 is 23.1 Å². The van der Waals surface area contributed by atoms with Crippen LogP contribution in [0.3, 0.4) is 0 Å². The molecule has 4 rings (SSSR count). The van der Waals surface area contributed by atoms with Crippen LogP contribution < -0.4 is 10.6 Å². The summed E-state index contributed by atoms with van der Waals surface area (Å²) >= 11 is 2.88. The predicted octanol–water partition coefficient (Wildman–Crippen LogP) is 4.35. The number of nitrogens with one attached hydrogen (secondary N) is 2. The van der Waals surface area contributed by atoms with E-state index in [0.29, 0.717) is 17.8 Å². The van der Waals surface area contributed by atoms with Gasteiger partial charge < -0.3 is 10.6 Å². The molecule has 0 spiro atoms. The fourth-order valence-electron chi connectivity index (χ4n) is 2.87. The lowest BCUT2D eigenvalue weighted by atomic mass is 10.1. The molecule has 0 aliphatic rings. The van der Waals surface area contributed by atoms with Gasteiger partial charge in [-0.15, -0.1) is 11.3 Å². The number of hydrogen-bond acceptors (Lipinski definition) is 6. The molecule has 0 radical (unpaired) electrons. The van der Waals surface area contributed by atoms with Gasteiger partial charge in [0.15, 0.2) is 0 Å². The molecule has 0 atom stereocenters. The van der Waals surface area contributed by atoms with Crippen LogP contribution in [0.15, 0.2) is 77.4 Å². The second-order valence-electron chi connectivity index (χ2n) is 6.37. The van der Waals surface area contributed by atoms with Gasteiger partial charge >= 0.3 is 0 Å². The van der Waals surface area contributed by atoms with Crippen molar-refractivity contribution in [3.05, 3.63) is 83.5 Å². The van der Waals surface area contributed by atoms with Crippen molar-refractivity contribution in [3.8, 4) is 0 Å². The number of benzene rings is 2. The topological polar surface area (TPSA) is 84.0 Å². The zero-order valence-electron chi connectivity index (χ0n) is 15.9. The van der Waals surface area contributed by atoms with Gasteiger partial charge in [-0.25, -0.2) is 9.97 Å². The van der Waals surface area contributed by atoms with Gasteiger partial charge in [-0.05, 0) is 29.1 Å². The molecule has 0 saturated heterocycles. The summed E-state index contributed by atoms with van der Waals surface area (Å²) < 4.78 is 0. The molecular weight excluding hydrogens is 416 g/mol. The first-order chi connectivity index (χ1) is 14.7. The number of anilines is 1. The van der Waals surface area contributed by atoms with Crippen molar-refractivity contribution in [2.24, 2.45) is 0 Å². The minimum atomic E-state index is -0.238. The van der Waals surface area contributed by atoms with Crippen molar-refractivity contribution in [2.75, 3.05) is 11.1 Å². The molecule has 30 heavy (non-hydrogen) atoms. The zero-order valence-corrected chi connectivity index (χ0v) is 17.5. The highest BCUT2D eigenvalue weighted by Crippen LogP contribution is 2.27. The van der Waals surface area contributed by atoms with Crippen LogP contribution in [0.25, 0.3) is 10.2 Å². The molecule has 0 unspecified atom stereocenters. The summed E-state index contributed by atoms with van der Waals surface area (Å²) in [4.78, 5) is 34.5. The zero-order chi connectivity index (χ0) is 20.8. The highest BCUT2D eigenvalue weighted by Gasteiger charge is 2.14. The van der Waals surface area contributed by atoms with Crippen molar-refractivity contribution in [2.45, 2.75) is 11.6 Å². The van der Waals surface area contributed by atoms with E-state index in [1.54, 1.807) is 24.3 Å². The van der Waals surface area contributed by atoms with E-state index in [1.165, 1.54) is 29.4 Å². The summed E-state index contributed by atoms with van der Waals surface area (Å²) in [7, 11) is 0. The third kappa shape index (κ3) is 4.84. The molecule has 2 heterocycles. The van der Waals surface area contributed by atoms with Crippen molar-refractivity contribution in [3.63, 3.8) is 0 Å². The highest BCUT2D eigenvalue weighted by atomic mass is 32.2. The molecule has 0 fully saturated rings. The fourth-order valence-corrected chi connectivity index (χ4v) is 4.45. The van der Waals surface area contributed by atoms with Gasteiger partial charge in [-0.1, -0.05) is 54.2 Å². The third-order valence-corrected chi connectivity index (χ3v) is 6.13. The third-order valence-electron chi connectivity index (χ3n) is 4.31. The van der Waals surface area contributed by atoms with Crippen LogP contribution in [0, 0.1) is 0 Å². The Labute approximate surface area is 181 Å². The normalized spacial score (nSPS) is 10.7. The molecular formula is C22H18N4O2S2. The average Bonchev–Trinajstić information content (AvgIpc) is 3.27. The Hall–Kier alpha value is -3.23. The van der Waals surface area contributed by atoms with E-state index in [4.69, 9.17) is 0 Å². The maximum absolute atomic E-state index is 12.6. The van der Waals surface area contributed by atoms with E-state index in [2.05, 4.69) is 20.6 Å². The minimum Gasteiger partial charge on any atom is -0.348 e. The standard InChI is InChI=1S/C22H18N4O2S2/c27-19(13-30-22-17-10-11-29-21(17)24-14-25-22)26-18-9-5-4-8-16(18)20(28)23-12-15-6-2-1-3-7-15/h1-11,14H,12-13H2,(H,23,28)(H,26,27). The first-order valence-corrected chi connectivity index (χ1v) is 11.1. The summed E-state index contributed by atoms with van der Waals surface area (Å²) in [6.45, 7) is 0.419. The molecule has 2 aromatic carbocycles. The SMILES string of the molecule is O=C(CSc1ncnc2sccc12)Nc1ccccc1C(=O)NCc1ccccc1. The van der Waals surface area contributed by atoms with E-state index in [1.807, 2.05) is 41.8 Å². The van der Waals surface area contributed by atoms with Gasteiger partial charge in [0.1, 0.15) is 16.2 Å². The van der Waals surface area contributed by atoms with Crippen LogP contribution in [0.2, 0.25) is 0 Å². The second kappa shape index (κ2) is 9.51. The maximum atomic E-state index is 12.6. The van der Waals surface area contributed by atoms with Crippen LogP contribution in [0.4, 0.5) is 5.69 Å². The van der Waals surface area contributed by atoms with E-state index in [9.17, 15) is 9.59 Å². The average molecular weight is 435 g/mol. The van der Waals surface area contributed by atoms with Gasteiger partial charge in [-0.2, -0.15) is 0 Å². The van der Waals surface area contributed by atoms with E-state index >= 15 is 0 Å². The number of aromatic nitrogens is 2. The molecule has 6 nitrogen and oxygen atoms in total. The van der Waals surface area contributed by atoms with Crippen molar-refractivity contribution < 1.29 is 9.59 Å². The minimum absolute atomic E-state index is 0.182. The number of carbonyl (C=O) groups is 2. The molecule has 150 valence electrons. The number of amides is 2. The van der Waals surface area contributed by atoms with Crippen LogP contribution in [-0.2, 0) is 11.3 Å². The number of thiophene rings is 1. The number of rotatable bonds is 7. The monoisotopic (exact) mass is 434 g/mol. The lowest BCUT2D eigenvalue weighted by Crippen LogP contribution is -2.25. The number of carbonyl (C=O) groups excluding carboxylic acids is 2. The van der Waals surface area contributed by atoms with Crippen LogP contribution in [0.1, 0.15) is 15.9 Å². The Morgan fingerprint density at radius 1 is 0.967 bits per heavy atom. The Kier molecular flexibility index (Phi) is 6.36. The molecule has 0 aliphatic heterocycles. The molecule has 2 N–H and O–H groups in total. The summed E-state index contributed by atoms with van der Waals surface area (Å²) in [5, 5.41) is 9.40. The summed E-state index contributed by atoms with van der Waals surface area (Å²) in [5.74, 6) is -0.259. The molecule has 0 aliphatic carbocycles. The molecule has 2 amide bonds. The van der Waals surface area contributed by atoms with Gasteiger partial charge in [0.05, 0.1) is 17.0 Å². The Morgan fingerprint density at radius 2 is 1.77 bits per heavy atom. The Morgan fingerprint density at radius 3 is 2.63 bits per heavy atom.